The molecule has 1 amide bonds. The van der Waals surface area contributed by atoms with E-state index in [0.29, 0.717) is 6.54 Å². The normalized spacial score (nSPS) is 14.8. The number of rotatable bonds is 5. The quantitative estimate of drug-likeness (QED) is 0.725. The molecule has 1 N–H and O–H groups in total. The van der Waals surface area contributed by atoms with Gasteiger partial charge in [-0.25, -0.2) is 0 Å². The smallest absolute Gasteiger partial charge is 0.253 e. The highest BCUT2D eigenvalue weighted by Gasteiger charge is 2.20. The average molecular weight is 390 g/mol. The predicted molar refractivity (Wildman–Crippen MR) is 114 cm³/mol. The molecule has 1 saturated heterocycles. The number of benzene rings is 1. The Morgan fingerprint density at radius 1 is 1.07 bits per heavy atom. The lowest BCUT2D eigenvalue weighted by molar-refractivity contribution is 0.0664. The molecule has 7 heteroatoms. The Hall–Kier alpha value is -3.19. The molecule has 1 fully saturated rings. The van der Waals surface area contributed by atoms with Crippen molar-refractivity contribution >= 4 is 11.6 Å². The van der Waals surface area contributed by atoms with Crippen LogP contribution in [0.25, 0.3) is 11.3 Å². The molecule has 0 bridgehead atoms. The number of nitrogens with zero attached hydrogens (tertiary/aromatic N) is 5. The lowest BCUT2D eigenvalue weighted by Gasteiger charge is -2.32. The van der Waals surface area contributed by atoms with Crippen LogP contribution in [0.15, 0.2) is 55.0 Å². The standard InChI is InChI=1S/C22H26N6O/c1-26-10-12-28(13-11-26)22(29)17-5-7-20(8-6-17)24-15-19-16-27(2)25-21(19)18-4-3-9-23-14-18/h3-9,14,16,24H,10-13,15H2,1-2H3. The Kier molecular flexibility index (Phi) is 5.57. The fourth-order valence-corrected chi connectivity index (χ4v) is 3.53. The van der Waals surface area contributed by atoms with E-state index < -0.39 is 0 Å². The molecule has 7 nitrogen and oxygen atoms in total. The van der Waals surface area contributed by atoms with Crippen molar-refractivity contribution in [1.29, 1.82) is 0 Å². The molecular formula is C22H26N6O. The van der Waals surface area contributed by atoms with Gasteiger partial charge in [-0.3, -0.25) is 14.5 Å². The third-order valence-corrected chi connectivity index (χ3v) is 5.24. The number of amides is 1. The molecule has 3 heterocycles. The maximum absolute atomic E-state index is 12.7. The highest BCUT2D eigenvalue weighted by molar-refractivity contribution is 5.94. The zero-order valence-electron chi connectivity index (χ0n) is 16.9. The summed E-state index contributed by atoms with van der Waals surface area (Å²) in [6.07, 6.45) is 5.60. The van der Waals surface area contributed by atoms with Crippen molar-refractivity contribution in [3.8, 4) is 11.3 Å². The van der Waals surface area contributed by atoms with Gasteiger partial charge in [0.1, 0.15) is 0 Å². The van der Waals surface area contributed by atoms with Gasteiger partial charge >= 0.3 is 0 Å². The van der Waals surface area contributed by atoms with E-state index in [2.05, 4.69) is 27.3 Å². The lowest BCUT2D eigenvalue weighted by Crippen LogP contribution is -2.47. The summed E-state index contributed by atoms with van der Waals surface area (Å²) >= 11 is 0. The molecule has 0 saturated carbocycles. The van der Waals surface area contributed by atoms with E-state index in [9.17, 15) is 4.79 Å². The zero-order valence-corrected chi connectivity index (χ0v) is 16.9. The molecule has 4 rings (SSSR count). The fourth-order valence-electron chi connectivity index (χ4n) is 3.53. The number of hydrogen-bond donors (Lipinski definition) is 1. The molecule has 0 atom stereocenters. The Bertz CT molecular complexity index is 959. The first-order valence-corrected chi connectivity index (χ1v) is 9.85. The Labute approximate surface area is 171 Å². The monoisotopic (exact) mass is 390 g/mol. The number of carbonyl (C=O) groups excluding carboxylic acids is 1. The van der Waals surface area contributed by atoms with Crippen molar-refractivity contribution in [1.82, 2.24) is 24.6 Å². The molecule has 0 aliphatic carbocycles. The van der Waals surface area contributed by atoms with E-state index in [4.69, 9.17) is 0 Å². The summed E-state index contributed by atoms with van der Waals surface area (Å²) in [5.74, 6) is 0.107. The molecule has 0 radical (unpaired) electrons. The molecule has 29 heavy (non-hydrogen) atoms. The number of aryl methyl sites for hydroxylation is 1. The molecular weight excluding hydrogens is 364 g/mol. The molecule has 0 unspecified atom stereocenters. The summed E-state index contributed by atoms with van der Waals surface area (Å²) in [6.45, 7) is 4.07. The van der Waals surface area contributed by atoms with Crippen molar-refractivity contribution in [3.05, 3.63) is 66.1 Å². The van der Waals surface area contributed by atoms with E-state index >= 15 is 0 Å². The van der Waals surface area contributed by atoms with Crippen LogP contribution in [0.4, 0.5) is 5.69 Å². The van der Waals surface area contributed by atoms with Gasteiger partial charge in [0.25, 0.3) is 5.91 Å². The van der Waals surface area contributed by atoms with Crippen LogP contribution in [-0.4, -0.2) is 63.7 Å². The summed E-state index contributed by atoms with van der Waals surface area (Å²) in [6, 6.07) is 11.6. The number of anilines is 1. The number of hydrogen-bond acceptors (Lipinski definition) is 5. The van der Waals surface area contributed by atoms with Gasteiger partial charge in [-0.05, 0) is 43.4 Å². The SMILES string of the molecule is CN1CCN(C(=O)c2ccc(NCc3cn(C)nc3-c3cccnc3)cc2)CC1. The third kappa shape index (κ3) is 4.46. The number of carbonyl (C=O) groups is 1. The van der Waals surface area contributed by atoms with E-state index in [1.54, 1.807) is 6.20 Å². The Morgan fingerprint density at radius 3 is 2.52 bits per heavy atom. The first-order valence-electron chi connectivity index (χ1n) is 9.85. The van der Waals surface area contributed by atoms with Crippen LogP contribution in [0, 0.1) is 0 Å². The van der Waals surface area contributed by atoms with E-state index in [1.165, 1.54) is 0 Å². The maximum Gasteiger partial charge on any atom is 0.253 e. The Balaban J connectivity index is 1.41. The number of aromatic nitrogens is 3. The largest absolute Gasteiger partial charge is 0.381 e. The molecule has 1 aromatic carbocycles. The second kappa shape index (κ2) is 8.45. The van der Waals surface area contributed by atoms with Gasteiger partial charge in [-0.1, -0.05) is 0 Å². The van der Waals surface area contributed by atoms with E-state index in [0.717, 1.165) is 54.3 Å². The molecule has 0 spiro atoms. The van der Waals surface area contributed by atoms with Gasteiger partial charge in [-0.2, -0.15) is 5.10 Å². The molecule has 2 aromatic heterocycles. The van der Waals surface area contributed by atoms with Gasteiger partial charge in [0.2, 0.25) is 0 Å². The average Bonchev–Trinajstić information content (AvgIpc) is 3.14. The molecule has 1 aliphatic heterocycles. The van der Waals surface area contributed by atoms with Gasteiger partial charge in [0, 0.05) is 80.7 Å². The van der Waals surface area contributed by atoms with E-state index in [1.807, 2.05) is 65.4 Å². The van der Waals surface area contributed by atoms with Crippen LogP contribution in [0.2, 0.25) is 0 Å². The minimum Gasteiger partial charge on any atom is -0.381 e. The van der Waals surface area contributed by atoms with Crippen molar-refractivity contribution in [2.75, 3.05) is 38.5 Å². The number of nitrogens with one attached hydrogen (secondary N) is 1. The second-order valence-corrected chi connectivity index (χ2v) is 7.44. The second-order valence-electron chi connectivity index (χ2n) is 7.44. The minimum atomic E-state index is 0.107. The molecule has 1 aliphatic rings. The van der Waals surface area contributed by atoms with Crippen molar-refractivity contribution in [2.24, 2.45) is 7.05 Å². The summed E-state index contributed by atoms with van der Waals surface area (Å²) in [4.78, 5) is 21.0. The van der Waals surface area contributed by atoms with Gasteiger partial charge in [0.15, 0.2) is 0 Å². The third-order valence-electron chi connectivity index (χ3n) is 5.24. The highest BCUT2D eigenvalue weighted by atomic mass is 16.2. The molecule has 3 aromatic rings. The van der Waals surface area contributed by atoms with Crippen LogP contribution in [0.5, 0.6) is 0 Å². The molecule has 150 valence electrons. The van der Waals surface area contributed by atoms with Crippen LogP contribution < -0.4 is 5.32 Å². The first-order chi connectivity index (χ1) is 14.1. The lowest BCUT2D eigenvalue weighted by atomic mass is 10.1. The van der Waals surface area contributed by atoms with Crippen molar-refractivity contribution < 1.29 is 4.79 Å². The predicted octanol–water partition coefficient (Wildman–Crippen LogP) is 2.48. The van der Waals surface area contributed by atoms with Gasteiger partial charge < -0.3 is 15.1 Å². The van der Waals surface area contributed by atoms with Crippen LogP contribution >= 0.6 is 0 Å². The minimum absolute atomic E-state index is 0.107. The topological polar surface area (TPSA) is 66.3 Å². The summed E-state index contributed by atoms with van der Waals surface area (Å²) in [7, 11) is 4.01. The van der Waals surface area contributed by atoms with Crippen molar-refractivity contribution in [2.45, 2.75) is 6.54 Å². The summed E-state index contributed by atoms with van der Waals surface area (Å²) in [5.41, 5.74) is 4.73. The van der Waals surface area contributed by atoms with Crippen molar-refractivity contribution in [3.63, 3.8) is 0 Å². The summed E-state index contributed by atoms with van der Waals surface area (Å²) < 4.78 is 1.82. The maximum atomic E-state index is 12.7. The van der Waals surface area contributed by atoms with Crippen LogP contribution in [0.3, 0.4) is 0 Å². The number of pyridine rings is 1. The Morgan fingerprint density at radius 2 is 1.83 bits per heavy atom. The van der Waals surface area contributed by atoms with Crippen LogP contribution in [0.1, 0.15) is 15.9 Å². The number of likely N-dealkylation sites (N-methyl/N-ethyl adjacent to an activating group) is 1. The number of piperazine rings is 1. The summed E-state index contributed by atoms with van der Waals surface area (Å²) in [5, 5.41) is 8.00. The van der Waals surface area contributed by atoms with Crippen LogP contribution in [-0.2, 0) is 13.6 Å². The highest BCUT2D eigenvalue weighted by Crippen LogP contribution is 2.22. The first kappa shape index (κ1) is 19.1. The van der Waals surface area contributed by atoms with E-state index in [-0.39, 0.29) is 5.91 Å². The van der Waals surface area contributed by atoms with Gasteiger partial charge in [-0.15, -0.1) is 0 Å². The van der Waals surface area contributed by atoms with Gasteiger partial charge in [0.05, 0.1) is 5.69 Å². The fraction of sp³-hybridized carbons (Fsp3) is 0.318. The zero-order chi connectivity index (χ0) is 20.2.